The summed E-state index contributed by atoms with van der Waals surface area (Å²) in [5.74, 6) is -0.182. The third kappa shape index (κ3) is 3.93. The molecule has 2 rings (SSSR count). The summed E-state index contributed by atoms with van der Waals surface area (Å²) in [7, 11) is 0. The lowest BCUT2D eigenvalue weighted by atomic mass is 10.1. The molecule has 0 saturated heterocycles. The topological polar surface area (TPSA) is 12.0 Å². The Hall–Kier alpha value is -1.10. The molecule has 19 heavy (non-hydrogen) atoms. The van der Waals surface area contributed by atoms with E-state index in [1.54, 1.807) is 6.07 Å². The molecule has 1 unspecified atom stereocenters. The number of halogens is 4. The van der Waals surface area contributed by atoms with Crippen molar-refractivity contribution in [2.75, 3.05) is 6.54 Å². The predicted octanol–water partition coefficient (Wildman–Crippen LogP) is 4.14. The average molecular weight is 275 g/mol. The Morgan fingerprint density at radius 3 is 2.74 bits per heavy atom. The molecule has 1 atom stereocenters. The van der Waals surface area contributed by atoms with E-state index in [9.17, 15) is 17.6 Å². The van der Waals surface area contributed by atoms with E-state index in [1.165, 1.54) is 6.07 Å². The van der Waals surface area contributed by atoms with Crippen LogP contribution in [-0.4, -0.2) is 12.7 Å². The Labute approximate surface area is 110 Å². The molecule has 0 bridgehead atoms. The normalized spacial score (nSPS) is 18.6. The molecule has 0 fully saturated rings. The molecule has 5 heteroatoms. The van der Waals surface area contributed by atoms with Crippen LogP contribution in [0.1, 0.15) is 42.9 Å². The molecule has 106 valence electrons. The van der Waals surface area contributed by atoms with Crippen molar-refractivity contribution < 1.29 is 17.6 Å². The van der Waals surface area contributed by atoms with Gasteiger partial charge in [-0.3, -0.25) is 0 Å². The Kier molecular flexibility index (Phi) is 4.45. The van der Waals surface area contributed by atoms with E-state index in [0.717, 1.165) is 17.5 Å². The number of benzene rings is 1. The van der Waals surface area contributed by atoms with Crippen LogP contribution >= 0.6 is 0 Å². The van der Waals surface area contributed by atoms with Gasteiger partial charge in [0.1, 0.15) is 5.82 Å². The first kappa shape index (κ1) is 14.3. The third-order valence-electron chi connectivity index (χ3n) is 3.49. The first-order chi connectivity index (χ1) is 8.97. The third-order valence-corrected chi connectivity index (χ3v) is 3.49. The number of hydrogen-bond acceptors (Lipinski definition) is 1. The molecule has 0 radical (unpaired) electrons. The summed E-state index contributed by atoms with van der Waals surface area (Å²) in [5.41, 5.74) is 1.70. The zero-order chi connectivity index (χ0) is 13.9. The van der Waals surface area contributed by atoms with Crippen LogP contribution in [0.5, 0.6) is 0 Å². The van der Waals surface area contributed by atoms with Gasteiger partial charge in [-0.05, 0) is 49.4 Å². The van der Waals surface area contributed by atoms with Crippen molar-refractivity contribution in [1.82, 2.24) is 5.32 Å². The predicted molar refractivity (Wildman–Crippen MR) is 65.4 cm³/mol. The zero-order valence-corrected chi connectivity index (χ0v) is 10.6. The summed E-state index contributed by atoms with van der Waals surface area (Å²) in [4.78, 5) is 0. The van der Waals surface area contributed by atoms with Gasteiger partial charge in [0.15, 0.2) is 0 Å². The first-order valence-corrected chi connectivity index (χ1v) is 6.55. The molecule has 0 amide bonds. The van der Waals surface area contributed by atoms with Crippen LogP contribution in [0, 0.1) is 5.82 Å². The summed E-state index contributed by atoms with van der Waals surface area (Å²) in [6.07, 6.45) is -2.66. The molecule has 0 aliphatic heterocycles. The van der Waals surface area contributed by atoms with Crippen LogP contribution in [0.2, 0.25) is 0 Å². The lowest BCUT2D eigenvalue weighted by Crippen LogP contribution is -2.21. The fraction of sp³-hybridized carbons (Fsp3) is 0.571. The Morgan fingerprint density at radius 2 is 2.00 bits per heavy atom. The molecule has 1 aromatic rings. The minimum Gasteiger partial charge on any atom is -0.310 e. The van der Waals surface area contributed by atoms with Crippen molar-refractivity contribution >= 4 is 0 Å². The van der Waals surface area contributed by atoms with Gasteiger partial charge in [-0.25, -0.2) is 4.39 Å². The summed E-state index contributed by atoms with van der Waals surface area (Å²) in [5, 5.41) is 3.22. The van der Waals surface area contributed by atoms with Gasteiger partial charge in [-0.15, -0.1) is 0 Å². The fourth-order valence-electron chi connectivity index (χ4n) is 2.55. The molecule has 0 saturated carbocycles. The second-order valence-corrected chi connectivity index (χ2v) is 4.93. The van der Waals surface area contributed by atoms with E-state index in [-0.39, 0.29) is 18.3 Å². The van der Waals surface area contributed by atoms with Crippen LogP contribution in [0.15, 0.2) is 18.2 Å². The number of fused-ring (bicyclic) bond motifs is 1. The summed E-state index contributed by atoms with van der Waals surface area (Å²) in [6.45, 7) is 0.538. The maximum absolute atomic E-state index is 13.5. The molecular weight excluding hydrogens is 258 g/mol. The number of hydrogen-bond donors (Lipinski definition) is 1. The van der Waals surface area contributed by atoms with Crippen molar-refractivity contribution in [1.29, 1.82) is 0 Å². The number of alkyl halides is 3. The van der Waals surface area contributed by atoms with Crippen molar-refractivity contribution in [2.24, 2.45) is 0 Å². The Morgan fingerprint density at radius 1 is 1.21 bits per heavy atom. The zero-order valence-electron chi connectivity index (χ0n) is 10.6. The highest BCUT2D eigenvalue weighted by Crippen LogP contribution is 2.32. The average Bonchev–Trinajstić information content (AvgIpc) is 2.72. The molecule has 1 nitrogen and oxygen atoms in total. The summed E-state index contributed by atoms with van der Waals surface area (Å²) < 4.78 is 49.4. The number of unbranched alkanes of at least 4 members (excludes halogenated alkanes) is 1. The van der Waals surface area contributed by atoms with Gasteiger partial charge in [-0.2, -0.15) is 13.2 Å². The highest BCUT2D eigenvalue weighted by molar-refractivity contribution is 5.35. The minimum atomic E-state index is -4.07. The lowest BCUT2D eigenvalue weighted by Gasteiger charge is -2.14. The molecule has 0 spiro atoms. The monoisotopic (exact) mass is 275 g/mol. The Bertz CT molecular complexity index is 428. The van der Waals surface area contributed by atoms with Crippen molar-refractivity contribution in [2.45, 2.75) is 44.3 Å². The molecule has 1 aliphatic carbocycles. The van der Waals surface area contributed by atoms with Gasteiger partial charge in [0.25, 0.3) is 0 Å². The van der Waals surface area contributed by atoms with Gasteiger partial charge in [-0.1, -0.05) is 12.1 Å². The fourth-order valence-corrected chi connectivity index (χ4v) is 2.55. The quantitative estimate of drug-likeness (QED) is 0.629. The van der Waals surface area contributed by atoms with E-state index in [4.69, 9.17) is 0 Å². The van der Waals surface area contributed by atoms with Gasteiger partial charge in [0.05, 0.1) is 0 Å². The molecule has 0 heterocycles. The molecular formula is C14H17F4N. The molecule has 1 aliphatic rings. The van der Waals surface area contributed by atoms with Gasteiger partial charge in [0, 0.05) is 12.5 Å². The van der Waals surface area contributed by atoms with Crippen LogP contribution in [0.25, 0.3) is 0 Å². The van der Waals surface area contributed by atoms with Crippen LogP contribution in [-0.2, 0) is 6.42 Å². The maximum Gasteiger partial charge on any atom is 0.389 e. The van der Waals surface area contributed by atoms with E-state index < -0.39 is 12.6 Å². The molecule has 1 aromatic carbocycles. The number of rotatable bonds is 5. The lowest BCUT2D eigenvalue weighted by molar-refractivity contribution is -0.135. The number of nitrogens with one attached hydrogen (secondary N) is 1. The first-order valence-electron chi connectivity index (χ1n) is 6.55. The SMILES string of the molecule is Fc1cccc2c1CCC2NCCCCC(F)(F)F. The van der Waals surface area contributed by atoms with E-state index in [0.29, 0.717) is 19.4 Å². The van der Waals surface area contributed by atoms with Crippen molar-refractivity contribution in [3.63, 3.8) is 0 Å². The smallest absolute Gasteiger partial charge is 0.310 e. The van der Waals surface area contributed by atoms with Crippen LogP contribution in [0.4, 0.5) is 17.6 Å². The maximum atomic E-state index is 13.5. The van der Waals surface area contributed by atoms with E-state index in [2.05, 4.69) is 5.32 Å². The van der Waals surface area contributed by atoms with Crippen LogP contribution < -0.4 is 5.32 Å². The van der Waals surface area contributed by atoms with Gasteiger partial charge < -0.3 is 5.32 Å². The summed E-state index contributed by atoms with van der Waals surface area (Å²) >= 11 is 0. The van der Waals surface area contributed by atoms with Crippen LogP contribution in [0.3, 0.4) is 0 Å². The molecule has 0 aromatic heterocycles. The van der Waals surface area contributed by atoms with Gasteiger partial charge in [0.2, 0.25) is 0 Å². The second-order valence-electron chi connectivity index (χ2n) is 4.93. The molecule has 1 N–H and O–H groups in total. The highest BCUT2D eigenvalue weighted by Gasteiger charge is 2.26. The van der Waals surface area contributed by atoms with Gasteiger partial charge >= 0.3 is 6.18 Å². The largest absolute Gasteiger partial charge is 0.389 e. The minimum absolute atomic E-state index is 0.0802. The Balaban J connectivity index is 1.76. The summed E-state index contributed by atoms with van der Waals surface area (Å²) in [6, 6.07) is 5.10. The second kappa shape index (κ2) is 5.90. The van der Waals surface area contributed by atoms with E-state index >= 15 is 0 Å². The standard InChI is InChI=1S/C14H17F4N/c15-12-5-3-4-11-10(12)6-7-13(11)19-9-2-1-8-14(16,17)18/h3-5,13,19H,1-2,6-9H2. The highest BCUT2D eigenvalue weighted by atomic mass is 19.4. The van der Waals surface area contributed by atoms with E-state index in [1.807, 2.05) is 6.07 Å². The van der Waals surface area contributed by atoms with Crippen molar-refractivity contribution in [3.05, 3.63) is 35.1 Å². The van der Waals surface area contributed by atoms with Crippen molar-refractivity contribution in [3.8, 4) is 0 Å².